The number of imide groups is 1. The van der Waals surface area contributed by atoms with Gasteiger partial charge in [0, 0.05) is 5.56 Å². The third-order valence-corrected chi connectivity index (χ3v) is 8.55. The summed E-state index contributed by atoms with van der Waals surface area (Å²) in [4.78, 5) is 28.8. The number of phenolic OH excluding ortho intramolecular Hbond substituents is 1. The highest BCUT2D eigenvalue weighted by molar-refractivity contribution is 6.43. The molecule has 0 spiro atoms. The van der Waals surface area contributed by atoms with Crippen LogP contribution >= 0.6 is 0 Å². The van der Waals surface area contributed by atoms with E-state index < -0.39 is 19.0 Å². The molecule has 1 aliphatic carbocycles. The second-order valence-electron chi connectivity index (χ2n) is 11.4. The summed E-state index contributed by atoms with van der Waals surface area (Å²) in [5, 5.41) is 21.1. The first-order valence-electron chi connectivity index (χ1n) is 14.3. The van der Waals surface area contributed by atoms with E-state index in [2.05, 4.69) is 26.8 Å². The monoisotopic (exact) mass is 527 g/mol. The van der Waals surface area contributed by atoms with Crippen LogP contribution in [0.2, 0.25) is 6.32 Å². The predicted molar refractivity (Wildman–Crippen MR) is 154 cm³/mol. The molecule has 0 radical (unpaired) electrons. The number of benzene rings is 2. The maximum Gasteiger partial charge on any atom is 0.455 e. The minimum absolute atomic E-state index is 0.137. The van der Waals surface area contributed by atoms with Crippen LogP contribution in [-0.2, 0) is 14.2 Å². The Labute approximate surface area is 231 Å². The number of rotatable bonds is 8. The molecule has 5 rings (SSSR count). The van der Waals surface area contributed by atoms with Gasteiger partial charge in [0.05, 0.1) is 23.6 Å². The number of hydrogen-bond donors (Lipinski definition) is 2. The first kappa shape index (κ1) is 27.4. The molecule has 204 valence electrons. The molecule has 0 unspecified atom stereocenters. The van der Waals surface area contributed by atoms with E-state index in [4.69, 9.17) is 4.65 Å². The summed E-state index contributed by atoms with van der Waals surface area (Å²) in [5.74, 6) is -0.968. The number of aromatic hydroxyl groups is 1. The van der Waals surface area contributed by atoms with Gasteiger partial charge in [0.25, 0.3) is 0 Å². The Balaban J connectivity index is 1.46. The highest BCUT2D eigenvalue weighted by Crippen LogP contribution is 2.52. The summed E-state index contributed by atoms with van der Waals surface area (Å²) in [6.07, 6.45) is 5.89. The zero-order chi connectivity index (χ0) is 27.7. The molecule has 2 aliphatic heterocycles. The lowest BCUT2D eigenvalue weighted by molar-refractivity contribution is -0.122. The number of anilines is 1. The van der Waals surface area contributed by atoms with Crippen LogP contribution in [0.3, 0.4) is 0 Å². The van der Waals surface area contributed by atoms with E-state index >= 15 is 0 Å². The van der Waals surface area contributed by atoms with E-state index in [0.717, 1.165) is 30.4 Å². The quantitative estimate of drug-likeness (QED) is 0.249. The van der Waals surface area contributed by atoms with E-state index in [0.29, 0.717) is 24.8 Å². The van der Waals surface area contributed by atoms with E-state index in [1.165, 1.54) is 16.0 Å². The Morgan fingerprint density at radius 2 is 1.77 bits per heavy atom. The van der Waals surface area contributed by atoms with Crippen LogP contribution in [0.15, 0.2) is 71.3 Å². The molecule has 2 N–H and O–H groups in total. The van der Waals surface area contributed by atoms with Crippen molar-refractivity contribution >= 4 is 30.7 Å². The van der Waals surface area contributed by atoms with Crippen molar-refractivity contribution in [2.75, 3.05) is 4.90 Å². The zero-order valence-corrected chi connectivity index (χ0v) is 23.0. The third-order valence-electron chi connectivity index (χ3n) is 8.55. The van der Waals surface area contributed by atoms with Crippen LogP contribution in [0.25, 0.3) is 6.08 Å². The number of hydrogen-bond acceptors (Lipinski definition) is 5. The number of amides is 2. The second kappa shape index (κ2) is 11.5. The van der Waals surface area contributed by atoms with E-state index in [9.17, 15) is 19.7 Å². The maximum atomic E-state index is 13.8. The summed E-state index contributed by atoms with van der Waals surface area (Å²) in [5.41, 5.74) is 4.92. The lowest BCUT2D eigenvalue weighted by atomic mass is 9.57. The molecule has 3 aliphatic rings. The molecular formula is C32H38BNO5. The molecule has 0 saturated carbocycles. The van der Waals surface area contributed by atoms with Crippen molar-refractivity contribution in [1.29, 1.82) is 0 Å². The summed E-state index contributed by atoms with van der Waals surface area (Å²) >= 11 is 0. The Morgan fingerprint density at radius 3 is 2.46 bits per heavy atom. The fraction of sp³-hybridized carbons (Fsp3) is 0.438. The summed E-state index contributed by atoms with van der Waals surface area (Å²) in [7, 11) is -0.985. The lowest BCUT2D eigenvalue weighted by Gasteiger charge is -2.44. The Hall–Kier alpha value is -3.16. The predicted octanol–water partition coefficient (Wildman–Crippen LogP) is 6.01. The normalized spacial score (nSPS) is 25.4. The van der Waals surface area contributed by atoms with Crippen molar-refractivity contribution < 1.29 is 24.4 Å². The third kappa shape index (κ3) is 5.35. The van der Waals surface area contributed by atoms with Gasteiger partial charge in [0.1, 0.15) is 5.75 Å². The molecule has 0 bridgehead atoms. The van der Waals surface area contributed by atoms with Gasteiger partial charge in [-0.1, -0.05) is 80.8 Å². The number of nitrogens with zero attached hydrogens (tertiary/aromatic N) is 1. The summed E-state index contributed by atoms with van der Waals surface area (Å²) in [6, 6.07) is 16.5. The van der Waals surface area contributed by atoms with Gasteiger partial charge in [-0.15, -0.1) is 0 Å². The Kier molecular flexibility index (Phi) is 8.10. The van der Waals surface area contributed by atoms with Gasteiger partial charge >= 0.3 is 7.12 Å². The topological polar surface area (TPSA) is 87.1 Å². The highest BCUT2D eigenvalue weighted by atomic mass is 16.5. The van der Waals surface area contributed by atoms with Crippen LogP contribution in [-0.4, -0.2) is 35.2 Å². The first-order valence-corrected chi connectivity index (χ1v) is 14.3. The lowest BCUT2D eigenvalue weighted by Crippen LogP contribution is -2.46. The fourth-order valence-corrected chi connectivity index (χ4v) is 6.82. The Morgan fingerprint density at radius 1 is 1.05 bits per heavy atom. The second-order valence-corrected chi connectivity index (χ2v) is 11.4. The molecule has 0 aromatic heterocycles. The van der Waals surface area contributed by atoms with Crippen molar-refractivity contribution in [2.45, 2.75) is 65.3 Å². The standard InChI is InChI=1S/C32H38BNO5/c1-4-10-21(17-22-11-8-9-14-27(22)35)15-16-28-29-24(20(2)3)18-25-30(26(29)19-33(38)39-28)32(37)34(31(25)36)23-12-6-5-7-13-23/h5-9,11-14,17,20,25-26,28,30,35,38H,4,10,15-16,18-19H2,1-3H3/b21-17+/t25-,26+,28-,30-/m1/s1. The molecule has 2 amide bonds. The van der Waals surface area contributed by atoms with Crippen LogP contribution in [0.5, 0.6) is 5.75 Å². The number of allylic oxidation sites excluding steroid dienone is 2. The molecule has 39 heavy (non-hydrogen) atoms. The van der Waals surface area contributed by atoms with E-state index in [1.54, 1.807) is 18.2 Å². The van der Waals surface area contributed by atoms with Gasteiger partial charge in [-0.05, 0) is 67.6 Å². The van der Waals surface area contributed by atoms with Crippen LogP contribution in [0.1, 0.15) is 58.4 Å². The SMILES string of the molecule is CCC/C(=C\c1ccccc1O)CC[C@H]1OB(O)C[C@H]2C1=C(C(C)C)C[C@H]1C(=O)N(c3ccccc3)C(=O)[C@H]12. The number of carbonyl (C=O) groups is 2. The van der Waals surface area contributed by atoms with Gasteiger partial charge in [0.2, 0.25) is 11.8 Å². The molecule has 7 heteroatoms. The zero-order valence-electron chi connectivity index (χ0n) is 23.0. The molecule has 2 saturated heterocycles. The van der Waals surface area contributed by atoms with Crippen molar-refractivity contribution in [3.63, 3.8) is 0 Å². The maximum absolute atomic E-state index is 13.8. The van der Waals surface area contributed by atoms with Crippen molar-refractivity contribution in [2.24, 2.45) is 23.7 Å². The van der Waals surface area contributed by atoms with E-state index in [1.807, 2.05) is 36.4 Å². The molecule has 2 heterocycles. The highest BCUT2D eigenvalue weighted by Gasteiger charge is 2.57. The number of fused-ring (bicyclic) bond motifs is 3. The van der Waals surface area contributed by atoms with Gasteiger partial charge < -0.3 is 14.8 Å². The Bertz CT molecular complexity index is 1290. The number of phenols is 1. The molecule has 2 aromatic rings. The van der Waals surface area contributed by atoms with Crippen molar-refractivity contribution in [3.8, 4) is 5.75 Å². The van der Waals surface area contributed by atoms with Gasteiger partial charge in [-0.25, -0.2) is 0 Å². The van der Waals surface area contributed by atoms with Crippen LogP contribution in [0.4, 0.5) is 5.69 Å². The average Bonchev–Trinajstić information content (AvgIpc) is 3.17. The van der Waals surface area contributed by atoms with Gasteiger partial charge in [0.15, 0.2) is 0 Å². The minimum atomic E-state index is -0.985. The van der Waals surface area contributed by atoms with Crippen molar-refractivity contribution in [1.82, 2.24) is 0 Å². The van der Waals surface area contributed by atoms with E-state index in [-0.39, 0.29) is 35.5 Å². The molecule has 2 fully saturated rings. The fourth-order valence-electron chi connectivity index (χ4n) is 6.82. The van der Waals surface area contributed by atoms with Crippen molar-refractivity contribution in [3.05, 3.63) is 76.9 Å². The van der Waals surface area contributed by atoms with Gasteiger partial charge in [-0.2, -0.15) is 0 Å². The smallest absolute Gasteiger partial charge is 0.455 e. The average molecular weight is 527 g/mol. The summed E-state index contributed by atoms with van der Waals surface area (Å²) in [6.45, 7) is 6.41. The van der Waals surface area contributed by atoms with Crippen LogP contribution in [0, 0.1) is 23.7 Å². The molecule has 6 nitrogen and oxygen atoms in total. The van der Waals surface area contributed by atoms with Gasteiger partial charge in [-0.3, -0.25) is 14.5 Å². The first-order chi connectivity index (χ1) is 18.8. The van der Waals surface area contributed by atoms with Crippen LogP contribution < -0.4 is 4.90 Å². The molecular weight excluding hydrogens is 489 g/mol. The number of carbonyl (C=O) groups excluding carboxylic acids is 2. The number of para-hydroxylation sites is 2. The molecule has 2 aromatic carbocycles. The molecule has 4 atom stereocenters. The largest absolute Gasteiger partial charge is 0.507 e. The minimum Gasteiger partial charge on any atom is -0.507 e. The summed E-state index contributed by atoms with van der Waals surface area (Å²) < 4.78 is 6.17.